The van der Waals surface area contributed by atoms with Gasteiger partial charge in [0.25, 0.3) is 5.69 Å². The maximum atomic E-state index is 13.5. The van der Waals surface area contributed by atoms with Crippen molar-refractivity contribution < 1.29 is 22.3 Å². The van der Waals surface area contributed by atoms with Crippen LogP contribution >= 0.6 is 0 Å². The lowest BCUT2D eigenvalue weighted by molar-refractivity contribution is -0.385. The first-order valence-electron chi connectivity index (χ1n) is 6.99. The Kier molecular flexibility index (Phi) is 4.30. The Labute approximate surface area is 145 Å². The Balaban J connectivity index is 2.13. The lowest BCUT2D eigenvalue weighted by Crippen LogP contribution is -1.95. The maximum absolute atomic E-state index is 13.5. The number of benzene rings is 2. The van der Waals surface area contributed by atoms with E-state index in [1.165, 1.54) is 18.3 Å². The number of hydrogen-bond donors (Lipinski definition) is 1. The third kappa shape index (κ3) is 3.32. The van der Waals surface area contributed by atoms with Gasteiger partial charge in [-0.25, -0.2) is 0 Å². The van der Waals surface area contributed by atoms with E-state index in [0.29, 0.717) is 11.5 Å². The minimum absolute atomic E-state index is 0.0816. The average molecular weight is 376 g/mol. The quantitative estimate of drug-likeness (QED) is 0.317. The topological polar surface area (TPSA) is 135 Å². The number of nitro benzene ring substituents is 1. The third-order valence-corrected chi connectivity index (χ3v) is 4.26. The van der Waals surface area contributed by atoms with E-state index in [1.54, 1.807) is 12.1 Å². The maximum Gasteiger partial charge on any atom is 0.334 e. The fourth-order valence-electron chi connectivity index (χ4n) is 2.23. The highest BCUT2D eigenvalue weighted by atomic mass is 32.3. The van der Waals surface area contributed by atoms with E-state index in [1.807, 2.05) is 0 Å². The van der Waals surface area contributed by atoms with Gasteiger partial charge in [0.05, 0.1) is 10.6 Å². The monoisotopic (exact) mass is 376 g/mol. The van der Waals surface area contributed by atoms with E-state index in [9.17, 15) is 27.5 Å². The van der Waals surface area contributed by atoms with Crippen LogP contribution in [0.4, 0.5) is 20.9 Å². The van der Waals surface area contributed by atoms with Crippen LogP contribution in [0.2, 0.25) is 0 Å². The molecule has 0 spiro atoms. The normalized spacial score (nSPS) is 11.9. The fourth-order valence-corrected chi connectivity index (χ4v) is 2.85. The van der Waals surface area contributed by atoms with E-state index in [0.717, 1.165) is 12.1 Å². The summed E-state index contributed by atoms with van der Waals surface area (Å²) in [5.41, 5.74) is -0.500. The van der Waals surface area contributed by atoms with Gasteiger partial charge in [-0.15, -0.1) is 14.1 Å². The molecule has 0 aliphatic carbocycles. The van der Waals surface area contributed by atoms with Gasteiger partial charge < -0.3 is 5.11 Å². The SMILES string of the molecule is O=[N+]([O-])c1ccc(N=Nc2ccc(O)c3ncccc23)c(S(=O)(=O)F)c1. The van der Waals surface area contributed by atoms with E-state index >= 15 is 0 Å². The molecular weight excluding hydrogens is 367 g/mol. The summed E-state index contributed by atoms with van der Waals surface area (Å²) >= 11 is 0. The summed E-state index contributed by atoms with van der Waals surface area (Å²) in [5.74, 6) is -0.0816. The number of aromatic nitrogens is 1. The van der Waals surface area contributed by atoms with Crippen LogP contribution in [0.25, 0.3) is 10.9 Å². The number of fused-ring (bicyclic) bond motifs is 1. The molecule has 0 aliphatic rings. The van der Waals surface area contributed by atoms with Crippen LogP contribution in [0.15, 0.2) is 63.8 Å². The van der Waals surface area contributed by atoms with Gasteiger partial charge >= 0.3 is 10.2 Å². The van der Waals surface area contributed by atoms with Crippen molar-refractivity contribution in [3.8, 4) is 5.75 Å². The van der Waals surface area contributed by atoms with Crippen molar-refractivity contribution >= 4 is 38.2 Å². The molecule has 0 bridgehead atoms. The number of phenols is 1. The molecule has 3 rings (SSSR count). The zero-order valence-electron chi connectivity index (χ0n) is 12.8. The molecule has 9 nitrogen and oxygen atoms in total. The summed E-state index contributed by atoms with van der Waals surface area (Å²) in [7, 11) is -5.25. The van der Waals surface area contributed by atoms with Gasteiger partial charge in [0, 0.05) is 23.7 Å². The highest BCUT2D eigenvalue weighted by Crippen LogP contribution is 2.34. The number of pyridine rings is 1. The predicted octanol–water partition coefficient (Wildman–Crippen LogP) is 3.92. The molecule has 1 aromatic heterocycles. The van der Waals surface area contributed by atoms with Crippen molar-refractivity contribution in [2.45, 2.75) is 4.90 Å². The Morgan fingerprint density at radius 1 is 1.12 bits per heavy atom. The molecular formula is C15H9FN4O5S. The van der Waals surface area contributed by atoms with Gasteiger partial charge in [-0.05, 0) is 30.3 Å². The van der Waals surface area contributed by atoms with E-state index < -0.39 is 31.4 Å². The van der Waals surface area contributed by atoms with Crippen molar-refractivity contribution in [2.24, 2.45) is 10.2 Å². The van der Waals surface area contributed by atoms with Crippen molar-refractivity contribution in [2.75, 3.05) is 0 Å². The highest BCUT2D eigenvalue weighted by molar-refractivity contribution is 7.86. The molecule has 0 aliphatic heterocycles. The summed E-state index contributed by atoms with van der Waals surface area (Å²) in [6, 6.07) is 8.49. The first-order valence-corrected chi connectivity index (χ1v) is 8.37. The molecule has 0 radical (unpaired) electrons. The Hall–Kier alpha value is -3.47. The van der Waals surface area contributed by atoms with Crippen LogP contribution in [0, 0.1) is 10.1 Å². The fraction of sp³-hybridized carbons (Fsp3) is 0. The molecule has 11 heteroatoms. The number of nitro groups is 1. The largest absolute Gasteiger partial charge is 0.506 e. The number of nitrogens with zero attached hydrogens (tertiary/aromatic N) is 4. The molecule has 1 heterocycles. The number of non-ortho nitro benzene ring substituents is 1. The van der Waals surface area contributed by atoms with Crippen molar-refractivity contribution in [1.82, 2.24) is 4.98 Å². The number of hydrogen-bond acceptors (Lipinski definition) is 8. The zero-order chi connectivity index (χ0) is 18.9. The van der Waals surface area contributed by atoms with Crippen molar-refractivity contribution in [1.29, 1.82) is 0 Å². The van der Waals surface area contributed by atoms with E-state index in [2.05, 4.69) is 15.2 Å². The third-order valence-electron chi connectivity index (χ3n) is 3.41. The number of rotatable bonds is 4. The van der Waals surface area contributed by atoms with Gasteiger partial charge in [-0.2, -0.15) is 8.42 Å². The van der Waals surface area contributed by atoms with Crippen LogP contribution in [-0.2, 0) is 10.2 Å². The summed E-state index contributed by atoms with van der Waals surface area (Å²) in [4.78, 5) is 12.9. The molecule has 1 N–H and O–H groups in total. The molecule has 26 heavy (non-hydrogen) atoms. The molecule has 2 aromatic carbocycles. The zero-order valence-corrected chi connectivity index (χ0v) is 13.6. The van der Waals surface area contributed by atoms with Gasteiger partial charge in [-0.1, -0.05) is 0 Å². The highest BCUT2D eigenvalue weighted by Gasteiger charge is 2.22. The molecule has 3 aromatic rings. The van der Waals surface area contributed by atoms with Crippen LogP contribution in [-0.4, -0.2) is 23.4 Å². The minimum atomic E-state index is -5.25. The van der Waals surface area contributed by atoms with E-state index in [4.69, 9.17) is 0 Å². The average Bonchev–Trinajstić information content (AvgIpc) is 2.60. The molecule has 0 saturated carbocycles. The second kappa shape index (κ2) is 6.44. The second-order valence-corrected chi connectivity index (χ2v) is 6.37. The smallest absolute Gasteiger partial charge is 0.334 e. The standard InChI is InChI=1S/C15H9FN4O5S/c16-26(24,25)14-8-9(20(22)23)3-4-12(14)19-18-11-5-6-13(21)15-10(11)2-1-7-17-15/h1-8,21H. The lowest BCUT2D eigenvalue weighted by Gasteiger charge is -2.03. The molecule has 0 fully saturated rings. The minimum Gasteiger partial charge on any atom is -0.506 e. The summed E-state index contributed by atoms with van der Waals surface area (Å²) in [5, 5.41) is 28.5. The predicted molar refractivity (Wildman–Crippen MR) is 89.0 cm³/mol. The number of phenolic OH excluding ortho intramolecular Hbond substituents is 1. The Morgan fingerprint density at radius 2 is 1.81 bits per heavy atom. The molecule has 0 amide bonds. The number of azo groups is 1. The number of halogens is 1. The second-order valence-electron chi connectivity index (χ2n) is 5.05. The summed E-state index contributed by atoms with van der Waals surface area (Å²) in [6.07, 6.45) is 1.47. The Bertz CT molecular complexity index is 1160. The molecule has 132 valence electrons. The number of aromatic hydroxyl groups is 1. The summed E-state index contributed by atoms with van der Waals surface area (Å²) in [6.45, 7) is 0. The van der Waals surface area contributed by atoms with Crippen LogP contribution in [0.3, 0.4) is 0 Å². The molecule has 0 atom stereocenters. The molecule has 0 unspecified atom stereocenters. The van der Waals surface area contributed by atoms with Crippen LogP contribution in [0.5, 0.6) is 5.75 Å². The van der Waals surface area contributed by atoms with Gasteiger partial charge in [0.2, 0.25) is 0 Å². The van der Waals surface area contributed by atoms with Gasteiger partial charge in [0.1, 0.15) is 21.8 Å². The van der Waals surface area contributed by atoms with Crippen molar-refractivity contribution in [3.05, 3.63) is 58.8 Å². The first-order chi connectivity index (χ1) is 12.3. The molecule has 0 saturated heterocycles. The van der Waals surface area contributed by atoms with Crippen LogP contribution < -0.4 is 0 Å². The summed E-state index contributed by atoms with van der Waals surface area (Å²) < 4.78 is 36.0. The Morgan fingerprint density at radius 3 is 2.50 bits per heavy atom. The van der Waals surface area contributed by atoms with E-state index in [-0.39, 0.29) is 17.0 Å². The van der Waals surface area contributed by atoms with Gasteiger partial charge in [0.15, 0.2) is 0 Å². The van der Waals surface area contributed by atoms with Crippen LogP contribution in [0.1, 0.15) is 0 Å². The lowest BCUT2D eigenvalue weighted by atomic mass is 10.2. The van der Waals surface area contributed by atoms with Crippen molar-refractivity contribution in [3.63, 3.8) is 0 Å². The first kappa shape index (κ1) is 17.4. The van der Waals surface area contributed by atoms with Gasteiger partial charge in [-0.3, -0.25) is 15.1 Å².